The maximum absolute atomic E-state index is 13.6. The molecule has 0 aliphatic rings. The van der Waals surface area contributed by atoms with E-state index in [1.807, 2.05) is 5.32 Å². The first-order chi connectivity index (χ1) is 13.0. The van der Waals surface area contributed by atoms with Crippen LogP contribution in [0.15, 0.2) is 42.5 Å². The maximum Gasteiger partial charge on any atom is 0.338 e. The smallest absolute Gasteiger partial charge is 0.338 e. The molecule has 3 amide bonds. The third kappa shape index (κ3) is 5.12. The fraction of sp³-hybridized carbons (Fsp3) is 0.250. The second-order valence-corrected chi connectivity index (χ2v) is 6.96. The Kier molecular flexibility index (Phi) is 6.12. The first-order valence-corrected chi connectivity index (χ1v) is 8.36. The largest absolute Gasteiger partial charge is 0.456 e. The maximum atomic E-state index is 13.6. The number of rotatable bonds is 3. The molecule has 2 rings (SSSR count). The van der Waals surface area contributed by atoms with Crippen LogP contribution in [-0.4, -0.2) is 30.6 Å². The zero-order chi connectivity index (χ0) is 21.1. The van der Waals surface area contributed by atoms with E-state index in [-0.39, 0.29) is 5.56 Å². The molecular weight excluding hydrogens is 370 g/mol. The average Bonchev–Trinajstić information content (AvgIpc) is 2.59. The molecule has 2 aromatic rings. The first-order valence-electron chi connectivity index (χ1n) is 8.36. The zero-order valence-electron chi connectivity index (χ0n) is 15.9. The number of nitrogens with zero attached hydrogens (tertiary/aromatic N) is 1. The van der Waals surface area contributed by atoms with Gasteiger partial charge in [0.25, 0.3) is 5.91 Å². The summed E-state index contributed by atoms with van der Waals surface area (Å²) < 4.78 is 32.5. The highest BCUT2D eigenvalue weighted by Crippen LogP contribution is 2.18. The molecule has 0 saturated carbocycles. The van der Waals surface area contributed by atoms with Crippen molar-refractivity contribution < 1.29 is 27.9 Å². The molecule has 8 heteroatoms. The van der Waals surface area contributed by atoms with Gasteiger partial charge in [0.1, 0.15) is 22.8 Å². The van der Waals surface area contributed by atoms with Crippen LogP contribution in [0.3, 0.4) is 0 Å². The Morgan fingerprint density at radius 1 is 0.964 bits per heavy atom. The lowest BCUT2D eigenvalue weighted by Gasteiger charge is -2.20. The summed E-state index contributed by atoms with van der Waals surface area (Å²) in [5.74, 6) is -3.86. The van der Waals surface area contributed by atoms with Crippen molar-refractivity contribution in [2.45, 2.75) is 26.4 Å². The molecule has 0 saturated heterocycles. The number of esters is 1. The number of imide groups is 1. The van der Waals surface area contributed by atoms with Crippen molar-refractivity contribution >= 4 is 23.6 Å². The molecule has 0 aromatic heterocycles. The Morgan fingerprint density at radius 3 is 2.00 bits per heavy atom. The topological polar surface area (TPSA) is 75.7 Å². The molecule has 0 fully saturated rings. The van der Waals surface area contributed by atoms with Crippen molar-refractivity contribution in [1.29, 1.82) is 0 Å². The Balaban J connectivity index is 2.09. The molecule has 28 heavy (non-hydrogen) atoms. The van der Waals surface area contributed by atoms with E-state index in [2.05, 4.69) is 0 Å². The number of anilines is 1. The number of hydrogen-bond donors (Lipinski definition) is 1. The van der Waals surface area contributed by atoms with Crippen LogP contribution in [0.2, 0.25) is 0 Å². The van der Waals surface area contributed by atoms with Crippen LogP contribution in [0, 0.1) is 11.6 Å². The predicted octanol–water partition coefficient (Wildman–Crippen LogP) is 3.91. The van der Waals surface area contributed by atoms with Gasteiger partial charge in [-0.15, -0.1) is 0 Å². The van der Waals surface area contributed by atoms with E-state index in [1.54, 1.807) is 20.8 Å². The van der Waals surface area contributed by atoms with E-state index in [1.165, 1.54) is 31.3 Å². The molecule has 148 valence electrons. The van der Waals surface area contributed by atoms with Crippen molar-refractivity contribution in [3.63, 3.8) is 0 Å². The van der Waals surface area contributed by atoms with E-state index in [0.717, 1.165) is 23.1 Å². The van der Waals surface area contributed by atoms with Gasteiger partial charge in [0.15, 0.2) is 0 Å². The molecule has 0 atom stereocenters. The third-order valence-electron chi connectivity index (χ3n) is 3.60. The number of carbonyl (C=O) groups is 3. The van der Waals surface area contributed by atoms with E-state index >= 15 is 0 Å². The third-order valence-corrected chi connectivity index (χ3v) is 3.60. The van der Waals surface area contributed by atoms with Crippen molar-refractivity contribution in [2.75, 3.05) is 11.9 Å². The minimum absolute atomic E-state index is 0.289. The van der Waals surface area contributed by atoms with E-state index < -0.39 is 40.7 Å². The van der Waals surface area contributed by atoms with Crippen molar-refractivity contribution in [3.05, 3.63) is 65.2 Å². The Bertz CT molecular complexity index is 885. The highest BCUT2D eigenvalue weighted by molar-refractivity contribution is 6.09. The highest BCUT2D eigenvalue weighted by Gasteiger charge is 2.22. The molecule has 0 aliphatic heterocycles. The number of benzene rings is 2. The number of hydrogen-bond acceptors (Lipinski definition) is 4. The molecule has 0 radical (unpaired) electrons. The number of urea groups is 1. The van der Waals surface area contributed by atoms with Crippen LogP contribution in [0.4, 0.5) is 19.3 Å². The van der Waals surface area contributed by atoms with Crippen LogP contribution in [-0.2, 0) is 4.74 Å². The lowest BCUT2D eigenvalue weighted by Crippen LogP contribution is -2.41. The summed E-state index contributed by atoms with van der Waals surface area (Å²) in [4.78, 5) is 37.3. The highest BCUT2D eigenvalue weighted by atomic mass is 19.1. The van der Waals surface area contributed by atoms with Crippen LogP contribution in [0.1, 0.15) is 41.5 Å². The van der Waals surface area contributed by atoms with Gasteiger partial charge in [-0.3, -0.25) is 15.0 Å². The van der Waals surface area contributed by atoms with Gasteiger partial charge in [0.2, 0.25) is 0 Å². The molecular formula is C20H20F2N2O4. The second kappa shape index (κ2) is 8.16. The van der Waals surface area contributed by atoms with E-state index in [9.17, 15) is 23.2 Å². The van der Waals surface area contributed by atoms with Crippen LogP contribution >= 0.6 is 0 Å². The molecule has 0 spiro atoms. The van der Waals surface area contributed by atoms with E-state index in [0.29, 0.717) is 5.69 Å². The Morgan fingerprint density at radius 2 is 1.50 bits per heavy atom. The summed E-state index contributed by atoms with van der Waals surface area (Å²) in [5, 5.41) is 1.92. The number of amides is 3. The molecule has 1 N–H and O–H groups in total. The summed E-state index contributed by atoms with van der Waals surface area (Å²) in [5.41, 5.74) is -0.845. The molecule has 6 nitrogen and oxygen atoms in total. The number of halogens is 2. The lowest BCUT2D eigenvalue weighted by molar-refractivity contribution is 0.00694. The average molecular weight is 390 g/mol. The van der Waals surface area contributed by atoms with Crippen molar-refractivity contribution in [1.82, 2.24) is 5.32 Å². The summed E-state index contributed by atoms with van der Waals surface area (Å²) in [6.07, 6.45) is 0. The standard InChI is InChI=1S/C20H20F2N2O4/c1-20(2,3)28-18(26)12-8-10-13(11-9-12)24(4)19(27)23-17(25)16-14(21)6-5-7-15(16)22/h5-11H,1-4H3,(H,23,25,27). The number of carbonyl (C=O) groups excluding carboxylic acids is 3. The second-order valence-electron chi connectivity index (χ2n) is 6.96. The summed E-state index contributed by atoms with van der Waals surface area (Å²) in [6.45, 7) is 5.23. The molecule has 0 bridgehead atoms. The fourth-order valence-corrected chi connectivity index (χ4v) is 2.23. The number of nitrogens with one attached hydrogen (secondary N) is 1. The SMILES string of the molecule is CN(C(=O)NC(=O)c1c(F)cccc1F)c1ccc(C(=O)OC(C)(C)C)cc1. The van der Waals surface area contributed by atoms with Gasteiger partial charge in [-0.25, -0.2) is 18.4 Å². The predicted molar refractivity (Wildman–Crippen MR) is 99.2 cm³/mol. The van der Waals surface area contributed by atoms with Gasteiger partial charge in [-0.2, -0.15) is 0 Å². The van der Waals surface area contributed by atoms with E-state index in [4.69, 9.17) is 4.74 Å². The summed E-state index contributed by atoms with van der Waals surface area (Å²) in [6, 6.07) is 7.94. The molecule has 2 aromatic carbocycles. The normalized spacial score (nSPS) is 10.9. The first kappa shape index (κ1) is 21.0. The zero-order valence-corrected chi connectivity index (χ0v) is 15.9. The molecule has 0 unspecified atom stereocenters. The monoisotopic (exact) mass is 390 g/mol. The van der Waals surface area contributed by atoms with Gasteiger partial charge in [0.05, 0.1) is 5.56 Å². The summed E-state index contributed by atoms with van der Waals surface area (Å²) >= 11 is 0. The van der Waals surface area contributed by atoms with Crippen LogP contribution < -0.4 is 10.2 Å². The van der Waals surface area contributed by atoms with Crippen molar-refractivity contribution in [2.24, 2.45) is 0 Å². The van der Waals surface area contributed by atoms with Gasteiger partial charge < -0.3 is 4.74 Å². The Labute approximate surface area is 161 Å². The van der Waals surface area contributed by atoms with Gasteiger partial charge in [-0.1, -0.05) is 6.07 Å². The van der Waals surface area contributed by atoms with Gasteiger partial charge in [-0.05, 0) is 57.2 Å². The molecule has 0 heterocycles. The minimum atomic E-state index is -1.20. The minimum Gasteiger partial charge on any atom is -0.456 e. The van der Waals surface area contributed by atoms with Crippen LogP contribution in [0.25, 0.3) is 0 Å². The van der Waals surface area contributed by atoms with Gasteiger partial charge >= 0.3 is 12.0 Å². The quantitative estimate of drug-likeness (QED) is 0.807. The van der Waals surface area contributed by atoms with Crippen LogP contribution in [0.5, 0.6) is 0 Å². The molecule has 0 aliphatic carbocycles. The lowest BCUT2D eigenvalue weighted by atomic mass is 10.1. The fourth-order valence-electron chi connectivity index (χ4n) is 2.23. The van der Waals surface area contributed by atoms with Crippen molar-refractivity contribution in [3.8, 4) is 0 Å². The van der Waals surface area contributed by atoms with Gasteiger partial charge in [0, 0.05) is 12.7 Å². The Hall–Kier alpha value is -3.29. The number of ether oxygens (including phenoxy) is 1. The summed E-state index contributed by atoms with van der Waals surface area (Å²) in [7, 11) is 1.36.